The van der Waals surface area contributed by atoms with Crippen LogP contribution in [0.4, 0.5) is 5.82 Å². The molecule has 0 spiro atoms. The highest BCUT2D eigenvalue weighted by molar-refractivity contribution is 7.96. The number of rotatable bonds is 14. The van der Waals surface area contributed by atoms with Gasteiger partial charge in [0.25, 0.3) is 20.2 Å². The van der Waals surface area contributed by atoms with Crippen LogP contribution in [0.25, 0.3) is 11.2 Å². The number of anilines is 1. The summed E-state index contributed by atoms with van der Waals surface area (Å²) >= 11 is 0. The minimum absolute atomic E-state index is 0.0999. The lowest BCUT2D eigenvalue weighted by Crippen LogP contribution is -2.40. The van der Waals surface area contributed by atoms with Crippen LogP contribution in [0.2, 0.25) is 0 Å². The third-order valence-corrected chi connectivity index (χ3v) is 9.76. The van der Waals surface area contributed by atoms with E-state index in [9.17, 15) is 26.7 Å². The van der Waals surface area contributed by atoms with Crippen molar-refractivity contribution in [1.82, 2.24) is 19.5 Å². The van der Waals surface area contributed by atoms with Crippen LogP contribution in [0.5, 0.6) is 0 Å². The Labute approximate surface area is 222 Å². The standard InChI is InChI=1S/C19H30N6O10S3/c1-36(5-4-11(20)19(27)28)8-12-15(35-38(32,33)7-3-2-6-37(29,30)31)14(26)18(34-12)25-10-24-13-16(21)22-9-23-17(13)25/h9-12,14-15,18,26H,2-8,20H2,1H3,(H3-,21,22,23,27,28,29,30,31)/p+1/t11-,12+,14+,15+,18+,36?/m0/s1. The number of hydrogen-bond donors (Lipinski definition) is 5. The number of nitrogens with zero attached hydrogens (tertiary/aromatic N) is 4. The van der Waals surface area contributed by atoms with Gasteiger partial charge in [0.15, 0.2) is 17.7 Å². The smallest absolute Gasteiger partial charge is 0.320 e. The average Bonchev–Trinajstić information content (AvgIpc) is 3.37. The highest BCUT2D eigenvalue weighted by atomic mass is 32.2. The predicted octanol–water partition coefficient (Wildman–Crippen LogP) is -1.90. The number of nitrogens with two attached hydrogens (primary N) is 2. The van der Waals surface area contributed by atoms with Gasteiger partial charge >= 0.3 is 5.97 Å². The van der Waals surface area contributed by atoms with Crippen LogP contribution in [-0.2, 0) is 44.8 Å². The third kappa shape index (κ3) is 7.94. The number of aliphatic hydroxyl groups is 1. The quantitative estimate of drug-likeness (QED) is 0.0687. The van der Waals surface area contributed by atoms with Crippen LogP contribution in [0.1, 0.15) is 25.5 Å². The summed E-state index contributed by atoms with van der Waals surface area (Å²) in [5, 5.41) is 20.1. The van der Waals surface area contributed by atoms with Gasteiger partial charge in [0.1, 0.15) is 47.7 Å². The first-order valence-electron chi connectivity index (χ1n) is 11.4. The van der Waals surface area contributed by atoms with Crippen LogP contribution < -0.4 is 11.5 Å². The van der Waals surface area contributed by atoms with E-state index in [-0.39, 0.29) is 42.0 Å². The minimum Gasteiger partial charge on any atom is -0.480 e. The maximum Gasteiger partial charge on any atom is 0.320 e. The molecule has 7 N–H and O–H groups in total. The molecule has 0 radical (unpaired) electrons. The van der Waals surface area contributed by atoms with E-state index in [2.05, 4.69) is 15.0 Å². The summed E-state index contributed by atoms with van der Waals surface area (Å²) in [4.78, 5) is 23.2. The molecule has 214 valence electrons. The van der Waals surface area contributed by atoms with Gasteiger partial charge in [-0.05, 0) is 23.7 Å². The van der Waals surface area contributed by atoms with E-state index in [4.69, 9.17) is 30.0 Å². The molecule has 3 heterocycles. The van der Waals surface area contributed by atoms with Gasteiger partial charge in [-0.15, -0.1) is 0 Å². The number of carboxylic acids is 1. The zero-order valence-corrected chi connectivity index (χ0v) is 22.8. The topological polar surface area (TPSA) is 260 Å². The highest BCUT2D eigenvalue weighted by Crippen LogP contribution is 2.35. The molecule has 3 rings (SSSR count). The SMILES string of the molecule is C[S+](CC[C@H](N)C(=O)O)C[C@H]1O[C@@H](n2cnc3c(N)ncnc32)[C@H](O)[C@@H]1OS(=O)(=O)CCCCS(=O)(=O)O. The van der Waals surface area contributed by atoms with Crippen molar-refractivity contribution in [2.75, 3.05) is 35.0 Å². The molecule has 2 aromatic heterocycles. The summed E-state index contributed by atoms with van der Waals surface area (Å²) < 4.78 is 68.8. The fourth-order valence-corrected chi connectivity index (χ4v) is 7.31. The Morgan fingerprint density at radius 3 is 2.58 bits per heavy atom. The average molecular weight is 600 g/mol. The fourth-order valence-electron chi connectivity index (χ4n) is 3.85. The number of aliphatic carboxylic acids is 1. The molecule has 0 saturated carbocycles. The molecule has 16 nitrogen and oxygen atoms in total. The van der Waals surface area contributed by atoms with Crippen molar-refractivity contribution < 1.29 is 45.3 Å². The Morgan fingerprint density at radius 1 is 1.24 bits per heavy atom. The van der Waals surface area contributed by atoms with Crippen molar-refractivity contribution in [1.29, 1.82) is 0 Å². The van der Waals surface area contributed by atoms with Crippen LogP contribution in [-0.4, -0.2) is 111 Å². The first-order valence-corrected chi connectivity index (χ1v) is 16.5. The summed E-state index contributed by atoms with van der Waals surface area (Å²) in [6, 6.07) is -1.05. The first kappa shape index (κ1) is 30.4. The van der Waals surface area contributed by atoms with Gasteiger partial charge in [0.2, 0.25) is 0 Å². The predicted molar refractivity (Wildman–Crippen MR) is 137 cm³/mol. The maximum absolute atomic E-state index is 12.7. The molecule has 0 aromatic carbocycles. The molecular weight excluding hydrogens is 568 g/mol. The molecule has 2 aromatic rings. The Kier molecular flexibility index (Phi) is 9.90. The van der Waals surface area contributed by atoms with E-state index < -0.39 is 79.2 Å². The molecule has 1 saturated heterocycles. The summed E-state index contributed by atoms with van der Waals surface area (Å²) in [5.41, 5.74) is 11.9. The lowest BCUT2D eigenvalue weighted by atomic mass is 10.1. The number of carboxylic acid groups (broad SMARTS) is 1. The molecule has 1 aliphatic heterocycles. The molecule has 6 atom stereocenters. The van der Waals surface area contributed by atoms with Crippen LogP contribution >= 0.6 is 0 Å². The van der Waals surface area contributed by atoms with Crippen molar-refractivity contribution in [3.63, 3.8) is 0 Å². The van der Waals surface area contributed by atoms with Gasteiger partial charge in [-0.1, -0.05) is 0 Å². The summed E-state index contributed by atoms with van der Waals surface area (Å²) in [5.74, 6) is -1.54. The number of ether oxygens (including phenoxy) is 1. The van der Waals surface area contributed by atoms with Gasteiger partial charge in [-0.3, -0.25) is 18.1 Å². The Bertz CT molecular complexity index is 1340. The zero-order valence-electron chi connectivity index (χ0n) is 20.4. The van der Waals surface area contributed by atoms with Crippen molar-refractivity contribution in [2.45, 2.75) is 49.8 Å². The minimum atomic E-state index is -4.24. The van der Waals surface area contributed by atoms with Crippen molar-refractivity contribution in [2.24, 2.45) is 5.73 Å². The molecule has 0 bridgehead atoms. The number of carbonyl (C=O) groups is 1. The van der Waals surface area contributed by atoms with Gasteiger partial charge in [-0.25, -0.2) is 15.0 Å². The number of fused-ring (bicyclic) bond motifs is 1. The van der Waals surface area contributed by atoms with Crippen LogP contribution in [0.15, 0.2) is 12.7 Å². The normalized spacial score (nSPS) is 24.0. The number of nitrogen functional groups attached to an aromatic ring is 1. The first-order chi connectivity index (χ1) is 17.7. The second-order valence-electron chi connectivity index (χ2n) is 8.84. The van der Waals surface area contributed by atoms with Crippen molar-refractivity contribution in [3.8, 4) is 0 Å². The van der Waals surface area contributed by atoms with E-state index in [1.165, 1.54) is 17.2 Å². The lowest BCUT2D eigenvalue weighted by molar-refractivity contribution is -0.138. The van der Waals surface area contributed by atoms with Crippen molar-refractivity contribution in [3.05, 3.63) is 12.7 Å². The summed E-state index contributed by atoms with van der Waals surface area (Å²) in [6.07, 6.45) is -0.558. The van der Waals surface area contributed by atoms with E-state index in [1.54, 1.807) is 0 Å². The third-order valence-electron chi connectivity index (χ3n) is 5.82. The van der Waals surface area contributed by atoms with E-state index >= 15 is 0 Å². The molecule has 0 aliphatic carbocycles. The van der Waals surface area contributed by atoms with E-state index in [0.29, 0.717) is 5.75 Å². The van der Waals surface area contributed by atoms with Gasteiger partial charge in [-0.2, -0.15) is 16.8 Å². The Morgan fingerprint density at radius 2 is 1.92 bits per heavy atom. The molecular formula is C19H31N6O10S3+. The van der Waals surface area contributed by atoms with Gasteiger partial charge in [0, 0.05) is 6.42 Å². The number of imidazole rings is 1. The van der Waals surface area contributed by atoms with Crippen LogP contribution in [0, 0.1) is 0 Å². The number of aromatic nitrogens is 4. The van der Waals surface area contributed by atoms with Crippen molar-refractivity contribution >= 4 is 54.1 Å². The number of aliphatic hydroxyl groups excluding tert-OH is 1. The Hall–Kier alpha value is -2.13. The monoisotopic (exact) mass is 599 g/mol. The van der Waals surface area contributed by atoms with Crippen LogP contribution in [0.3, 0.4) is 0 Å². The lowest BCUT2D eigenvalue weighted by Gasteiger charge is -2.20. The molecule has 19 heteroatoms. The highest BCUT2D eigenvalue weighted by Gasteiger charge is 2.50. The van der Waals surface area contributed by atoms with E-state index in [1.807, 2.05) is 6.26 Å². The Balaban J connectivity index is 1.79. The number of unbranched alkanes of at least 4 members (excludes halogenated alkanes) is 1. The van der Waals surface area contributed by atoms with E-state index in [0.717, 1.165) is 0 Å². The maximum atomic E-state index is 12.7. The molecule has 0 amide bonds. The largest absolute Gasteiger partial charge is 0.480 e. The summed E-state index contributed by atoms with van der Waals surface area (Å²) in [6.45, 7) is 0. The summed E-state index contributed by atoms with van der Waals surface area (Å²) in [7, 11) is -8.97. The molecule has 1 fully saturated rings. The second-order valence-corrected chi connectivity index (χ2v) is 14.4. The fraction of sp³-hybridized carbons (Fsp3) is 0.684. The van der Waals surface area contributed by atoms with Gasteiger partial charge in [0.05, 0.1) is 24.1 Å². The molecule has 1 aliphatic rings. The zero-order chi connectivity index (χ0) is 28.3. The molecule has 38 heavy (non-hydrogen) atoms. The van der Waals surface area contributed by atoms with Gasteiger partial charge < -0.3 is 26.4 Å². The number of hydrogen-bond acceptors (Lipinski definition) is 13. The molecule has 1 unspecified atom stereocenters. The second kappa shape index (κ2) is 12.4.